The van der Waals surface area contributed by atoms with E-state index in [1.54, 1.807) is 6.20 Å². The maximum absolute atomic E-state index is 13.1. The van der Waals surface area contributed by atoms with Crippen molar-refractivity contribution in [2.45, 2.75) is 38.6 Å². The fourth-order valence-electron chi connectivity index (χ4n) is 3.46. The standard InChI is InChI=1S/C19H25ClN4O/c1-13(2)18-17(19(25)23-9-5-7-15(12-23)21-3)11-22-24(18)16-8-4-6-14(20)10-16/h4,6,8,10-11,13,15,21H,5,7,9,12H2,1-3H3. The molecule has 1 atom stereocenters. The number of hydrogen-bond acceptors (Lipinski definition) is 3. The van der Waals surface area contributed by atoms with Gasteiger partial charge in [-0.15, -0.1) is 0 Å². The predicted octanol–water partition coefficient (Wildman–Crippen LogP) is 3.47. The number of hydrogen-bond donors (Lipinski definition) is 1. The van der Waals surface area contributed by atoms with E-state index in [-0.39, 0.29) is 11.8 Å². The van der Waals surface area contributed by atoms with Crippen molar-refractivity contribution in [2.24, 2.45) is 0 Å². The largest absolute Gasteiger partial charge is 0.337 e. The Morgan fingerprint density at radius 2 is 2.20 bits per heavy atom. The second kappa shape index (κ2) is 7.58. The minimum atomic E-state index is 0.0666. The lowest BCUT2D eigenvalue weighted by molar-refractivity contribution is 0.0696. The Morgan fingerprint density at radius 1 is 1.40 bits per heavy atom. The molecule has 1 N–H and O–H groups in total. The van der Waals surface area contributed by atoms with Gasteiger partial charge in [-0.3, -0.25) is 4.79 Å². The molecular weight excluding hydrogens is 336 g/mol. The molecule has 134 valence electrons. The summed E-state index contributed by atoms with van der Waals surface area (Å²) in [5.41, 5.74) is 2.49. The summed E-state index contributed by atoms with van der Waals surface area (Å²) < 4.78 is 1.84. The van der Waals surface area contributed by atoms with Crippen molar-refractivity contribution < 1.29 is 4.79 Å². The van der Waals surface area contributed by atoms with E-state index in [1.807, 2.05) is 40.9 Å². The molecule has 1 saturated heterocycles. The van der Waals surface area contributed by atoms with Gasteiger partial charge in [0.25, 0.3) is 5.91 Å². The van der Waals surface area contributed by atoms with Crippen molar-refractivity contribution in [3.05, 3.63) is 46.7 Å². The Labute approximate surface area is 154 Å². The third kappa shape index (κ3) is 3.72. The van der Waals surface area contributed by atoms with Crippen LogP contribution in [0.4, 0.5) is 0 Å². The molecule has 1 fully saturated rings. The average Bonchev–Trinajstić information content (AvgIpc) is 3.06. The van der Waals surface area contributed by atoms with Crippen molar-refractivity contribution in [1.82, 2.24) is 20.0 Å². The van der Waals surface area contributed by atoms with Crippen LogP contribution < -0.4 is 5.32 Å². The second-order valence-corrected chi connectivity index (χ2v) is 7.31. The van der Waals surface area contributed by atoms with E-state index >= 15 is 0 Å². The highest BCUT2D eigenvalue weighted by Crippen LogP contribution is 2.26. The van der Waals surface area contributed by atoms with Crippen LogP contribution in [-0.4, -0.2) is 46.8 Å². The molecule has 5 nitrogen and oxygen atoms in total. The van der Waals surface area contributed by atoms with Crippen LogP contribution >= 0.6 is 11.6 Å². The van der Waals surface area contributed by atoms with E-state index in [1.165, 1.54) is 0 Å². The maximum atomic E-state index is 13.1. The van der Waals surface area contributed by atoms with E-state index in [2.05, 4.69) is 24.3 Å². The van der Waals surface area contributed by atoms with Crippen molar-refractivity contribution in [3.63, 3.8) is 0 Å². The summed E-state index contributed by atoms with van der Waals surface area (Å²) in [5, 5.41) is 8.44. The molecular formula is C19H25ClN4O. The highest BCUT2D eigenvalue weighted by atomic mass is 35.5. The van der Waals surface area contributed by atoms with E-state index in [0.29, 0.717) is 16.6 Å². The summed E-state index contributed by atoms with van der Waals surface area (Å²) in [7, 11) is 1.95. The zero-order chi connectivity index (χ0) is 18.0. The van der Waals surface area contributed by atoms with Gasteiger partial charge in [-0.25, -0.2) is 4.68 Å². The number of nitrogens with zero attached hydrogens (tertiary/aromatic N) is 3. The summed E-state index contributed by atoms with van der Waals surface area (Å²) in [4.78, 5) is 15.1. The van der Waals surface area contributed by atoms with Gasteiger partial charge in [-0.2, -0.15) is 5.10 Å². The number of benzene rings is 1. The second-order valence-electron chi connectivity index (χ2n) is 6.87. The van der Waals surface area contributed by atoms with Crippen LogP contribution in [0.3, 0.4) is 0 Å². The topological polar surface area (TPSA) is 50.2 Å². The van der Waals surface area contributed by atoms with Crippen LogP contribution in [0.2, 0.25) is 5.02 Å². The number of likely N-dealkylation sites (N-methyl/N-ethyl adjacent to an activating group) is 1. The molecule has 1 amide bonds. The summed E-state index contributed by atoms with van der Waals surface area (Å²) in [6, 6.07) is 7.92. The zero-order valence-electron chi connectivity index (χ0n) is 15.0. The molecule has 0 spiro atoms. The molecule has 1 aliphatic rings. The first kappa shape index (κ1) is 18.0. The highest BCUT2D eigenvalue weighted by molar-refractivity contribution is 6.30. The third-order valence-corrected chi connectivity index (χ3v) is 4.99. The lowest BCUT2D eigenvalue weighted by Crippen LogP contribution is -2.47. The van der Waals surface area contributed by atoms with Gasteiger partial charge in [0.05, 0.1) is 23.1 Å². The monoisotopic (exact) mass is 360 g/mol. The summed E-state index contributed by atoms with van der Waals surface area (Å²) in [5.74, 6) is 0.238. The number of nitrogens with one attached hydrogen (secondary N) is 1. The number of amides is 1. The fourth-order valence-corrected chi connectivity index (χ4v) is 3.64. The first-order valence-corrected chi connectivity index (χ1v) is 9.19. The first-order valence-electron chi connectivity index (χ1n) is 8.81. The van der Waals surface area contributed by atoms with Crippen LogP contribution in [0.25, 0.3) is 5.69 Å². The lowest BCUT2D eigenvalue weighted by Gasteiger charge is -2.32. The molecule has 2 heterocycles. The van der Waals surface area contributed by atoms with Gasteiger partial charge in [0.1, 0.15) is 0 Å². The Kier molecular flexibility index (Phi) is 5.45. The van der Waals surface area contributed by atoms with E-state index < -0.39 is 0 Å². The normalized spacial score (nSPS) is 18.0. The highest BCUT2D eigenvalue weighted by Gasteiger charge is 2.28. The molecule has 1 aromatic heterocycles. The van der Waals surface area contributed by atoms with Gasteiger partial charge < -0.3 is 10.2 Å². The molecule has 0 bridgehead atoms. The number of carbonyl (C=O) groups excluding carboxylic acids is 1. The van der Waals surface area contributed by atoms with Crippen LogP contribution in [0.1, 0.15) is 48.7 Å². The molecule has 0 radical (unpaired) electrons. The molecule has 25 heavy (non-hydrogen) atoms. The lowest BCUT2D eigenvalue weighted by atomic mass is 10.0. The Bertz CT molecular complexity index is 756. The smallest absolute Gasteiger partial charge is 0.257 e. The fraction of sp³-hybridized carbons (Fsp3) is 0.474. The molecule has 1 aromatic carbocycles. The Balaban J connectivity index is 1.95. The molecule has 2 aromatic rings. The summed E-state index contributed by atoms with van der Waals surface area (Å²) >= 11 is 6.13. The Morgan fingerprint density at radius 3 is 2.88 bits per heavy atom. The van der Waals surface area contributed by atoms with Crippen molar-refractivity contribution in [3.8, 4) is 5.69 Å². The van der Waals surface area contributed by atoms with Gasteiger partial charge in [-0.1, -0.05) is 31.5 Å². The van der Waals surface area contributed by atoms with Gasteiger partial charge in [0.2, 0.25) is 0 Å². The minimum absolute atomic E-state index is 0.0666. The van der Waals surface area contributed by atoms with Crippen molar-refractivity contribution in [2.75, 3.05) is 20.1 Å². The van der Waals surface area contributed by atoms with Gasteiger partial charge >= 0.3 is 0 Å². The molecule has 6 heteroatoms. The van der Waals surface area contributed by atoms with Crippen LogP contribution in [0.5, 0.6) is 0 Å². The van der Waals surface area contributed by atoms with Crippen LogP contribution in [-0.2, 0) is 0 Å². The number of carbonyl (C=O) groups is 1. The quantitative estimate of drug-likeness (QED) is 0.908. The Hall–Kier alpha value is -1.85. The molecule has 0 saturated carbocycles. The van der Waals surface area contributed by atoms with Crippen LogP contribution in [0.15, 0.2) is 30.5 Å². The molecule has 1 unspecified atom stereocenters. The summed E-state index contributed by atoms with van der Waals surface area (Å²) in [6.45, 7) is 5.72. The molecule has 1 aliphatic heterocycles. The van der Waals surface area contributed by atoms with Gasteiger partial charge in [0.15, 0.2) is 0 Å². The number of piperidine rings is 1. The molecule has 3 rings (SSSR count). The minimum Gasteiger partial charge on any atom is -0.337 e. The van der Waals surface area contributed by atoms with Gasteiger partial charge in [0, 0.05) is 24.2 Å². The van der Waals surface area contributed by atoms with E-state index in [0.717, 1.165) is 37.3 Å². The van der Waals surface area contributed by atoms with E-state index in [4.69, 9.17) is 11.6 Å². The predicted molar refractivity (Wildman–Crippen MR) is 101 cm³/mol. The average molecular weight is 361 g/mol. The SMILES string of the molecule is CNC1CCCN(C(=O)c2cnn(-c3cccc(Cl)c3)c2C(C)C)C1. The number of rotatable bonds is 4. The maximum Gasteiger partial charge on any atom is 0.257 e. The number of halogens is 1. The third-order valence-electron chi connectivity index (χ3n) is 4.75. The van der Waals surface area contributed by atoms with Crippen LogP contribution in [0, 0.1) is 0 Å². The van der Waals surface area contributed by atoms with Crippen molar-refractivity contribution in [1.29, 1.82) is 0 Å². The summed E-state index contributed by atoms with van der Waals surface area (Å²) in [6.07, 6.45) is 3.83. The van der Waals surface area contributed by atoms with Gasteiger partial charge in [-0.05, 0) is 44.0 Å². The number of aromatic nitrogens is 2. The first-order chi connectivity index (χ1) is 12.0. The van der Waals surface area contributed by atoms with E-state index in [9.17, 15) is 4.79 Å². The molecule has 0 aliphatic carbocycles. The number of likely N-dealkylation sites (tertiary alicyclic amines) is 1. The van der Waals surface area contributed by atoms with Crippen molar-refractivity contribution >= 4 is 17.5 Å². The zero-order valence-corrected chi connectivity index (χ0v) is 15.8.